The van der Waals surface area contributed by atoms with Gasteiger partial charge in [-0.3, -0.25) is 0 Å². The number of carbonyl (C=O) groups excluding carboxylic acids is 1. The first-order valence-corrected chi connectivity index (χ1v) is 4.88. The van der Waals surface area contributed by atoms with Gasteiger partial charge in [-0.1, -0.05) is 6.07 Å². The van der Waals surface area contributed by atoms with E-state index >= 15 is 0 Å². The van der Waals surface area contributed by atoms with Gasteiger partial charge in [-0.2, -0.15) is 0 Å². The van der Waals surface area contributed by atoms with E-state index in [2.05, 4.69) is 4.98 Å². The minimum atomic E-state index is -0.574. The van der Waals surface area contributed by atoms with E-state index in [4.69, 9.17) is 10.5 Å². The molecule has 1 aromatic carbocycles. The Hall–Kier alpha value is -2.04. The lowest BCUT2D eigenvalue weighted by molar-refractivity contribution is 0.0522. The number of anilines is 1. The molecule has 0 spiro atoms. The maximum atomic E-state index is 13.5. The standard InChI is InChI=1S/C11H11FN2O2/c1-2-16-11(15)10-9(13)8-6(12)4-3-5-7(8)14-10/h3-5,14H,2,13H2,1H3. The van der Waals surface area contributed by atoms with Gasteiger partial charge in [-0.25, -0.2) is 9.18 Å². The van der Waals surface area contributed by atoms with Crippen molar-refractivity contribution in [2.75, 3.05) is 12.3 Å². The number of esters is 1. The van der Waals surface area contributed by atoms with Gasteiger partial charge < -0.3 is 15.5 Å². The number of H-pyrrole nitrogens is 1. The van der Waals surface area contributed by atoms with Crippen LogP contribution in [0.3, 0.4) is 0 Å². The number of nitrogens with one attached hydrogen (secondary N) is 1. The Morgan fingerprint density at radius 3 is 2.94 bits per heavy atom. The topological polar surface area (TPSA) is 68.1 Å². The molecule has 0 aliphatic heterocycles. The van der Waals surface area contributed by atoms with Gasteiger partial charge >= 0.3 is 5.97 Å². The molecule has 0 aliphatic rings. The predicted molar refractivity (Wildman–Crippen MR) is 58.6 cm³/mol. The summed E-state index contributed by atoms with van der Waals surface area (Å²) in [5.74, 6) is -1.03. The molecule has 2 aromatic rings. The SMILES string of the molecule is CCOC(=O)c1[nH]c2cccc(F)c2c1N. The Bertz CT molecular complexity index is 548. The van der Waals surface area contributed by atoms with Crippen LogP contribution in [0.2, 0.25) is 0 Å². The monoisotopic (exact) mass is 222 g/mol. The third-order valence-corrected chi connectivity index (χ3v) is 2.29. The molecule has 0 radical (unpaired) electrons. The number of benzene rings is 1. The predicted octanol–water partition coefficient (Wildman–Crippen LogP) is 2.07. The quantitative estimate of drug-likeness (QED) is 0.764. The lowest BCUT2D eigenvalue weighted by Gasteiger charge is -1.99. The Kier molecular flexibility index (Phi) is 2.52. The molecule has 1 heterocycles. The average molecular weight is 222 g/mol. The first kappa shape index (κ1) is 10.5. The number of hydrogen-bond donors (Lipinski definition) is 2. The van der Waals surface area contributed by atoms with E-state index in [0.717, 1.165) is 0 Å². The van der Waals surface area contributed by atoms with Crippen molar-refractivity contribution in [2.24, 2.45) is 0 Å². The maximum Gasteiger partial charge on any atom is 0.356 e. The lowest BCUT2D eigenvalue weighted by Crippen LogP contribution is -2.07. The zero-order valence-electron chi connectivity index (χ0n) is 8.71. The highest BCUT2D eigenvalue weighted by molar-refractivity contribution is 6.05. The number of carbonyl (C=O) groups is 1. The molecular weight excluding hydrogens is 211 g/mol. The number of halogens is 1. The lowest BCUT2D eigenvalue weighted by atomic mass is 10.2. The summed E-state index contributed by atoms with van der Waals surface area (Å²) < 4.78 is 18.3. The van der Waals surface area contributed by atoms with E-state index in [1.807, 2.05) is 0 Å². The van der Waals surface area contributed by atoms with Crippen LogP contribution < -0.4 is 5.73 Å². The molecule has 1 aromatic heterocycles. The van der Waals surface area contributed by atoms with Crippen molar-refractivity contribution >= 4 is 22.6 Å². The third kappa shape index (κ3) is 1.50. The fourth-order valence-corrected chi connectivity index (χ4v) is 1.59. The highest BCUT2D eigenvalue weighted by Gasteiger charge is 2.18. The number of aromatic nitrogens is 1. The zero-order valence-corrected chi connectivity index (χ0v) is 8.71. The second-order valence-corrected chi connectivity index (χ2v) is 3.30. The third-order valence-electron chi connectivity index (χ3n) is 2.29. The van der Waals surface area contributed by atoms with E-state index in [9.17, 15) is 9.18 Å². The summed E-state index contributed by atoms with van der Waals surface area (Å²) in [7, 11) is 0. The van der Waals surface area contributed by atoms with E-state index in [1.54, 1.807) is 19.1 Å². The number of nitrogens with two attached hydrogens (primary N) is 1. The number of rotatable bonds is 2. The van der Waals surface area contributed by atoms with Gasteiger partial charge in [0.2, 0.25) is 0 Å². The van der Waals surface area contributed by atoms with Crippen LogP contribution in [0, 0.1) is 5.82 Å². The van der Waals surface area contributed by atoms with Crippen LogP contribution in [0.4, 0.5) is 10.1 Å². The Balaban J connectivity index is 2.61. The van der Waals surface area contributed by atoms with Crippen molar-refractivity contribution in [3.63, 3.8) is 0 Å². The van der Waals surface area contributed by atoms with E-state index < -0.39 is 11.8 Å². The molecule has 5 heteroatoms. The number of hydrogen-bond acceptors (Lipinski definition) is 3. The van der Waals surface area contributed by atoms with Crippen molar-refractivity contribution in [3.05, 3.63) is 29.7 Å². The minimum absolute atomic E-state index is 0.0894. The molecule has 0 saturated carbocycles. The van der Waals surface area contributed by atoms with Crippen molar-refractivity contribution in [3.8, 4) is 0 Å². The maximum absolute atomic E-state index is 13.5. The smallest absolute Gasteiger partial charge is 0.356 e. The van der Waals surface area contributed by atoms with Gasteiger partial charge in [-0.15, -0.1) is 0 Å². The molecule has 0 atom stereocenters. The molecule has 3 N–H and O–H groups in total. The number of nitrogen functional groups attached to an aromatic ring is 1. The molecule has 84 valence electrons. The number of aromatic amines is 1. The second-order valence-electron chi connectivity index (χ2n) is 3.30. The minimum Gasteiger partial charge on any atom is -0.461 e. The van der Waals surface area contributed by atoms with Crippen LogP contribution in [-0.4, -0.2) is 17.6 Å². The summed E-state index contributed by atoms with van der Waals surface area (Å²) in [5, 5.41) is 0.227. The van der Waals surface area contributed by atoms with Crippen molar-refractivity contribution in [2.45, 2.75) is 6.92 Å². The van der Waals surface area contributed by atoms with Crippen LogP contribution >= 0.6 is 0 Å². The van der Waals surface area contributed by atoms with Gasteiger partial charge in [0.15, 0.2) is 0 Å². The van der Waals surface area contributed by atoms with Crippen LogP contribution in [-0.2, 0) is 4.74 Å². The molecule has 0 fully saturated rings. The summed E-state index contributed by atoms with van der Waals surface area (Å²) in [6.07, 6.45) is 0. The highest BCUT2D eigenvalue weighted by Crippen LogP contribution is 2.27. The summed E-state index contributed by atoms with van der Waals surface area (Å²) >= 11 is 0. The molecule has 2 rings (SSSR count). The molecule has 16 heavy (non-hydrogen) atoms. The fraction of sp³-hybridized carbons (Fsp3) is 0.182. The first-order chi connectivity index (χ1) is 7.65. The van der Waals surface area contributed by atoms with Gasteiger partial charge in [0.05, 0.1) is 23.2 Å². The highest BCUT2D eigenvalue weighted by atomic mass is 19.1. The van der Waals surface area contributed by atoms with E-state index in [-0.39, 0.29) is 23.4 Å². The largest absolute Gasteiger partial charge is 0.461 e. The van der Waals surface area contributed by atoms with Crippen LogP contribution in [0.5, 0.6) is 0 Å². The van der Waals surface area contributed by atoms with E-state index in [1.165, 1.54) is 6.07 Å². The Labute approximate surface area is 91.2 Å². The molecule has 0 unspecified atom stereocenters. The number of ether oxygens (including phenoxy) is 1. The van der Waals surface area contributed by atoms with Gasteiger partial charge in [0.25, 0.3) is 0 Å². The zero-order chi connectivity index (χ0) is 11.7. The summed E-state index contributed by atoms with van der Waals surface area (Å²) in [5.41, 5.74) is 6.37. The fourth-order valence-electron chi connectivity index (χ4n) is 1.59. The normalized spacial score (nSPS) is 10.6. The van der Waals surface area contributed by atoms with Crippen molar-refractivity contribution in [1.82, 2.24) is 4.98 Å². The van der Waals surface area contributed by atoms with Crippen LogP contribution in [0.15, 0.2) is 18.2 Å². The molecule has 4 nitrogen and oxygen atoms in total. The van der Waals surface area contributed by atoms with Crippen LogP contribution in [0.1, 0.15) is 17.4 Å². The van der Waals surface area contributed by atoms with Crippen molar-refractivity contribution in [1.29, 1.82) is 0 Å². The van der Waals surface area contributed by atoms with Gasteiger partial charge in [0.1, 0.15) is 11.5 Å². The molecule has 0 amide bonds. The van der Waals surface area contributed by atoms with Gasteiger partial charge in [-0.05, 0) is 19.1 Å². The van der Waals surface area contributed by atoms with Gasteiger partial charge in [0, 0.05) is 0 Å². The molecule has 0 aliphatic carbocycles. The second kappa shape index (κ2) is 3.84. The first-order valence-electron chi connectivity index (χ1n) is 4.88. The molecule has 0 saturated heterocycles. The Morgan fingerprint density at radius 2 is 2.31 bits per heavy atom. The summed E-state index contributed by atoms with van der Waals surface area (Å²) in [6, 6.07) is 4.49. The van der Waals surface area contributed by atoms with Crippen LogP contribution in [0.25, 0.3) is 10.9 Å². The summed E-state index contributed by atoms with van der Waals surface area (Å²) in [4.78, 5) is 14.2. The number of fused-ring (bicyclic) bond motifs is 1. The molecule has 0 bridgehead atoms. The van der Waals surface area contributed by atoms with E-state index in [0.29, 0.717) is 5.52 Å². The van der Waals surface area contributed by atoms with Crippen molar-refractivity contribution < 1.29 is 13.9 Å². The summed E-state index contributed by atoms with van der Waals surface area (Å²) in [6.45, 7) is 1.94. The molecular formula is C11H11FN2O2. The Morgan fingerprint density at radius 1 is 1.56 bits per heavy atom. The average Bonchev–Trinajstić information content (AvgIpc) is 2.58.